The van der Waals surface area contributed by atoms with Crippen LogP contribution < -0.4 is 4.74 Å². The number of benzene rings is 1. The molecule has 2 saturated heterocycles. The van der Waals surface area contributed by atoms with Gasteiger partial charge in [0.1, 0.15) is 17.9 Å². The first-order valence-corrected chi connectivity index (χ1v) is 11.0. The number of likely N-dealkylation sites (tertiary alicyclic amines) is 2. The van der Waals surface area contributed by atoms with Gasteiger partial charge in [-0.1, -0.05) is 12.1 Å². The summed E-state index contributed by atoms with van der Waals surface area (Å²) in [6.45, 7) is 5.17. The van der Waals surface area contributed by atoms with E-state index in [1.807, 2.05) is 35.9 Å². The van der Waals surface area contributed by atoms with E-state index < -0.39 is 0 Å². The number of hydrogen-bond donors (Lipinski definition) is 1. The molecule has 0 aliphatic carbocycles. The quantitative estimate of drug-likeness (QED) is 0.602. The molecule has 10 nitrogen and oxygen atoms in total. The van der Waals surface area contributed by atoms with E-state index in [1.165, 1.54) is 0 Å². The van der Waals surface area contributed by atoms with Crippen LogP contribution in [0.2, 0.25) is 0 Å². The summed E-state index contributed by atoms with van der Waals surface area (Å²) in [4.78, 5) is 28.2. The van der Waals surface area contributed by atoms with Crippen molar-refractivity contribution >= 4 is 12.4 Å². The number of aryl methyl sites for hydroxylation is 1. The van der Waals surface area contributed by atoms with Gasteiger partial charge in [0.25, 0.3) is 6.47 Å². The van der Waals surface area contributed by atoms with Crippen molar-refractivity contribution in [2.45, 2.75) is 13.0 Å². The van der Waals surface area contributed by atoms with E-state index in [-0.39, 0.29) is 17.8 Å². The van der Waals surface area contributed by atoms with Crippen molar-refractivity contribution in [2.24, 2.45) is 18.4 Å². The number of carbonyl (C=O) groups is 2. The minimum absolute atomic E-state index is 0.109. The van der Waals surface area contributed by atoms with Crippen LogP contribution in [0.4, 0.5) is 0 Å². The van der Waals surface area contributed by atoms with Gasteiger partial charge in [-0.25, -0.2) is 0 Å². The Balaban J connectivity index is 0.000000968. The van der Waals surface area contributed by atoms with Crippen molar-refractivity contribution in [3.63, 3.8) is 0 Å². The van der Waals surface area contributed by atoms with Gasteiger partial charge < -0.3 is 24.2 Å². The van der Waals surface area contributed by atoms with Crippen molar-refractivity contribution in [1.29, 1.82) is 0 Å². The second kappa shape index (κ2) is 10.8. The highest BCUT2D eigenvalue weighted by atomic mass is 16.5. The summed E-state index contributed by atoms with van der Waals surface area (Å²) < 4.78 is 7.20. The molecule has 0 saturated carbocycles. The molecule has 1 aromatic carbocycles. The van der Waals surface area contributed by atoms with Crippen molar-refractivity contribution in [3.8, 4) is 5.75 Å². The van der Waals surface area contributed by atoms with E-state index in [9.17, 15) is 4.79 Å². The lowest BCUT2D eigenvalue weighted by atomic mass is 9.80. The standard InChI is InChI=1S/C22H32N6O2.CH2O2/c1-25(2)13-22-14-27(12-20-24-23-16-26(20)3)10-18(22)11-28(15-22)21(29)9-17-5-7-19(30-4)8-6-17;2-1-3/h5-8,16,18H,9-15H2,1-4H3;1H,(H,2,3)/t18-,22+;/m0./s1. The van der Waals surface area contributed by atoms with Crippen LogP contribution in [0.5, 0.6) is 5.75 Å². The zero-order valence-corrected chi connectivity index (χ0v) is 19.8. The molecule has 0 unspecified atom stereocenters. The molecule has 0 spiro atoms. The Kier molecular flexibility index (Phi) is 8.04. The molecule has 0 bridgehead atoms. The molecule has 2 aliphatic rings. The van der Waals surface area contributed by atoms with E-state index in [0.29, 0.717) is 12.3 Å². The third kappa shape index (κ3) is 5.88. The first-order chi connectivity index (χ1) is 15.8. The highest BCUT2D eigenvalue weighted by Crippen LogP contribution is 2.43. The predicted molar refractivity (Wildman–Crippen MR) is 123 cm³/mol. The fourth-order valence-electron chi connectivity index (χ4n) is 5.13. The Morgan fingerprint density at radius 1 is 1.27 bits per heavy atom. The van der Waals surface area contributed by atoms with Crippen LogP contribution in [0, 0.1) is 11.3 Å². The van der Waals surface area contributed by atoms with Crippen LogP contribution in [0.15, 0.2) is 30.6 Å². The minimum Gasteiger partial charge on any atom is -0.497 e. The second-order valence-corrected chi connectivity index (χ2v) is 9.23. The summed E-state index contributed by atoms with van der Waals surface area (Å²) in [5.74, 6) is 2.50. The monoisotopic (exact) mass is 458 g/mol. The number of rotatable bonds is 7. The summed E-state index contributed by atoms with van der Waals surface area (Å²) in [5.41, 5.74) is 1.14. The van der Waals surface area contributed by atoms with Crippen LogP contribution in [0.3, 0.4) is 0 Å². The number of aromatic nitrogens is 3. The zero-order chi connectivity index (χ0) is 24.0. The van der Waals surface area contributed by atoms with Crippen LogP contribution in [0.25, 0.3) is 0 Å². The third-order valence-corrected chi connectivity index (χ3v) is 6.50. The molecule has 1 amide bonds. The molecule has 3 heterocycles. The maximum atomic E-state index is 13.1. The highest BCUT2D eigenvalue weighted by molar-refractivity contribution is 5.79. The van der Waals surface area contributed by atoms with E-state index in [1.54, 1.807) is 13.4 Å². The molecule has 1 N–H and O–H groups in total. The number of carboxylic acid groups (broad SMARTS) is 1. The molecule has 33 heavy (non-hydrogen) atoms. The average molecular weight is 459 g/mol. The highest BCUT2D eigenvalue weighted by Gasteiger charge is 2.53. The van der Waals surface area contributed by atoms with Crippen LogP contribution >= 0.6 is 0 Å². The molecule has 2 aliphatic heterocycles. The smallest absolute Gasteiger partial charge is 0.290 e. The lowest BCUT2D eigenvalue weighted by Crippen LogP contribution is -2.43. The molecule has 2 atom stereocenters. The molecule has 180 valence electrons. The van der Waals surface area contributed by atoms with Gasteiger partial charge in [-0.2, -0.15) is 0 Å². The van der Waals surface area contributed by atoms with Crippen molar-refractivity contribution in [1.82, 2.24) is 29.5 Å². The fraction of sp³-hybridized carbons (Fsp3) is 0.565. The Bertz CT molecular complexity index is 931. The van der Waals surface area contributed by atoms with Crippen LogP contribution in [-0.4, -0.2) is 101 Å². The van der Waals surface area contributed by atoms with Crippen LogP contribution in [-0.2, 0) is 29.6 Å². The van der Waals surface area contributed by atoms with Gasteiger partial charge in [0.05, 0.1) is 20.1 Å². The molecular formula is C23H34N6O4. The Morgan fingerprint density at radius 2 is 1.97 bits per heavy atom. The molecule has 2 aromatic rings. The lowest BCUT2D eigenvalue weighted by Gasteiger charge is -2.32. The Labute approximate surface area is 194 Å². The molecule has 4 rings (SSSR count). The number of methoxy groups -OCH3 is 1. The molecule has 0 radical (unpaired) electrons. The van der Waals surface area contributed by atoms with Crippen molar-refractivity contribution in [3.05, 3.63) is 42.0 Å². The fourth-order valence-corrected chi connectivity index (χ4v) is 5.13. The van der Waals surface area contributed by atoms with Gasteiger partial charge in [-0.3, -0.25) is 14.5 Å². The predicted octanol–water partition coefficient (Wildman–Crippen LogP) is 0.589. The van der Waals surface area contributed by atoms with E-state index in [2.05, 4.69) is 39.0 Å². The van der Waals surface area contributed by atoms with Gasteiger partial charge in [-0.05, 0) is 37.7 Å². The number of ether oxygens (including phenoxy) is 1. The van der Waals surface area contributed by atoms with E-state index >= 15 is 0 Å². The molecule has 2 fully saturated rings. The maximum absolute atomic E-state index is 13.1. The number of hydrogen-bond acceptors (Lipinski definition) is 7. The summed E-state index contributed by atoms with van der Waals surface area (Å²) in [7, 11) is 7.89. The Morgan fingerprint density at radius 3 is 2.55 bits per heavy atom. The summed E-state index contributed by atoms with van der Waals surface area (Å²) in [6.07, 6.45) is 2.19. The average Bonchev–Trinajstić information content (AvgIpc) is 3.41. The lowest BCUT2D eigenvalue weighted by molar-refractivity contribution is -0.130. The van der Waals surface area contributed by atoms with Crippen molar-refractivity contribution in [2.75, 3.05) is 53.9 Å². The maximum Gasteiger partial charge on any atom is 0.290 e. The molecule has 10 heteroatoms. The third-order valence-electron chi connectivity index (χ3n) is 6.50. The Hall–Kier alpha value is -2.98. The van der Waals surface area contributed by atoms with Gasteiger partial charge in [0.15, 0.2) is 0 Å². The first-order valence-electron chi connectivity index (χ1n) is 11.0. The zero-order valence-electron chi connectivity index (χ0n) is 19.8. The number of carbonyl (C=O) groups excluding carboxylic acids is 1. The minimum atomic E-state index is -0.250. The summed E-state index contributed by atoms with van der Waals surface area (Å²) >= 11 is 0. The largest absolute Gasteiger partial charge is 0.497 e. The second-order valence-electron chi connectivity index (χ2n) is 9.23. The SMILES string of the molecule is COc1ccc(CC(=O)N2C[C@@H]3CN(Cc4nncn4C)C[C@]3(CN(C)C)C2)cc1.O=CO. The number of fused-ring (bicyclic) bond motifs is 1. The summed E-state index contributed by atoms with van der Waals surface area (Å²) in [5, 5.41) is 15.1. The van der Waals surface area contributed by atoms with Gasteiger partial charge >= 0.3 is 0 Å². The van der Waals surface area contributed by atoms with Crippen molar-refractivity contribution < 1.29 is 19.4 Å². The molecule has 1 aromatic heterocycles. The van der Waals surface area contributed by atoms with Gasteiger partial charge in [-0.15, -0.1) is 10.2 Å². The first kappa shape index (κ1) is 24.7. The topological polar surface area (TPSA) is 104 Å². The summed E-state index contributed by atoms with van der Waals surface area (Å²) in [6, 6.07) is 7.79. The van der Waals surface area contributed by atoms with Gasteiger partial charge in [0, 0.05) is 45.2 Å². The molecular weight excluding hydrogens is 424 g/mol. The van der Waals surface area contributed by atoms with E-state index in [4.69, 9.17) is 14.6 Å². The normalized spacial score (nSPS) is 22.1. The van der Waals surface area contributed by atoms with E-state index in [0.717, 1.165) is 56.4 Å². The number of amides is 1. The van der Waals surface area contributed by atoms with Crippen LogP contribution in [0.1, 0.15) is 11.4 Å². The van der Waals surface area contributed by atoms with Gasteiger partial charge in [0.2, 0.25) is 5.91 Å². The number of nitrogens with zero attached hydrogens (tertiary/aromatic N) is 6.